The lowest BCUT2D eigenvalue weighted by atomic mass is 9.92. The van der Waals surface area contributed by atoms with Crippen molar-refractivity contribution in [3.8, 4) is 5.75 Å². The number of aliphatic hydroxyl groups is 2. The maximum atomic E-state index is 14.2. The Kier molecular flexibility index (Phi) is 3.66. The molecule has 1 saturated carbocycles. The minimum Gasteiger partial charge on any atom is -0.490 e. The van der Waals surface area contributed by atoms with E-state index in [9.17, 15) is 31.8 Å². The molecule has 0 bridgehead atoms. The molecule has 1 fully saturated rings. The molecule has 23 heavy (non-hydrogen) atoms. The van der Waals surface area contributed by atoms with Crippen molar-refractivity contribution in [2.45, 2.75) is 48.1 Å². The van der Waals surface area contributed by atoms with Crippen molar-refractivity contribution in [2.24, 2.45) is 0 Å². The summed E-state index contributed by atoms with van der Waals surface area (Å²) in [6.07, 6.45) is -5.10. The molecule has 0 unspecified atom stereocenters. The van der Waals surface area contributed by atoms with E-state index < -0.39 is 56.3 Å². The molecule has 2 aliphatic rings. The fourth-order valence-corrected chi connectivity index (χ4v) is 3.84. The summed E-state index contributed by atoms with van der Waals surface area (Å²) in [5.41, 5.74) is -1.28. The Morgan fingerprint density at radius 1 is 1.22 bits per heavy atom. The van der Waals surface area contributed by atoms with Gasteiger partial charge in [-0.15, -0.1) is 0 Å². The summed E-state index contributed by atoms with van der Waals surface area (Å²) >= 11 is 0. The van der Waals surface area contributed by atoms with E-state index in [-0.39, 0.29) is 18.6 Å². The van der Waals surface area contributed by atoms with Gasteiger partial charge in [-0.1, -0.05) is 0 Å². The number of aliphatic hydroxyl groups excluding tert-OH is 2. The van der Waals surface area contributed by atoms with Gasteiger partial charge in [-0.25, -0.2) is 12.8 Å². The van der Waals surface area contributed by atoms with Crippen molar-refractivity contribution in [2.75, 3.05) is 6.26 Å². The van der Waals surface area contributed by atoms with Gasteiger partial charge in [0.25, 0.3) is 0 Å². The van der Waals surface area contributed by atoms with Gasteiger partial charge in [-0.05, 0) is 12.1 Å². The molecular formula is C14H15F3O5S. The van der Waals surface area contributed by atoms with Crippen molar-refractivity contribution in [1.29, 1.82) is 0 Å². The monoisotopic (exact) mass is 352 g/mol. The van der Waals surface area contributed by atoms with E-state index in [4.69, 9.17) is 4.74 Å². The Hall–Kier alpha value is -1.32. The summed E-state index contributed by atoms with van der Waals surface area (Å²) in [7, 11) is -3.94. The van der Waals surface area contributed by atoms with Crippen LogP contribution in [-0.2, 0) is 9.84 Å². The van der Waals surface area contributed by atoms with Crippen molar-refractivity contribution in [3.05, 3.63) is 23.3 Å². The van der Waals surface area contributed by atoms with Gasteiger partial charge in [-0.2, -0.15) is 8.78 Å². The van der Waals surface area contributed by atoms with Crippen LogP contribution in [-0.4, -0.2) is 43.0 Å². The molecule has 5 nitrogen and oxygen atoms in total. The lowest BCUT2D eigenvalue weighted by Crippen LogP contribution is -2.37. The summed E-state index contributed by atoms with van der Waals surface area (Å²) in [4.78, 5) is -0.541. The highest BCUT2D eigenvalue weighted by Gasteiger charge is 2.59. The smallest absolute Gasteiger partial charge is 0.312 e. The number of alkyl halides is 3. The largest absolute Gasteiger partial charge is 0.490 e. The zero-order valence-electron chi connectivity index (χ0n) is 12.0. The second-order valence-corrected chi connectivity index (χ2v) is 7.95. The topological polar surface area (TPSA) is 83.8 Å². The first-order valence-corrected chi connectivity index (χ1v) is 8.84. The Balaban J connectivity index is 2.12. The number of rotatable bonds is 3. The van der Waals surface area contributed by atoms with E-state index in [1.807, 2.05) is 0 Å². The van der Waals surface area contributed by atoms with Crippen LogP contribution in [0.5, 0.6) is 5.75 Å². The molecule has 0 aromatic heterocycles. The predicted octanol–water partition coefficient (Wildman–Crippen LogP) is 1.69. The second kappa shape index (κ2) is 5.09. The van der Waals surface area contributed by atoms with E-state index in [2.05, 4.69) is 0 Å². The second-order valence-electron chi connectivity index (χ2n) is 5.97. The zero-order chi connectivity index (χ0) is 17.2. The first kappa shape index (κ1) is 16.5. The highest BCUT2D eigenvalue weighted by molar-refractivity contribution is 7.90. The summed E-state index contributed by atoms with van der Waals surface area (Å²) in [5.74, 6) is -4.37. The maximum absolute atomic E-state index is 14.2. The molecule has 0 spiro atoms. The van der Waals surface area contributed by atoms with Gasteiger partial charge in [0.15, 0.2) is 16.0 Å². The van der Waals surface area contributed by atoms with Gasteiger partial charge < -0.3 is 14.9 Å². The number of ether oxygens (including phenoxy) is 1. The molecule has 1 aromatic carbocycles. The molecule has 1 aromatic rings. The number of halogens is 3. The van der Waals surface area contributed by atoms with Crippen LogP contribution in [0.2, 0.25) is 0 Å². The van der Waals surface area contributed by atoms with Crippen molar-refractivity contribution >= 4 is 9.84 Å². The SMILES string of the molecule is CS(=O)(=O)c1ccc(OC2CC(O)C2)c2c1[C@H](O)C(F)(F)[C@@H]2F. The zero-order valence-corrected chi connectivity index (χ0v) is 12.9. The highest BCUT2D eigenvalue weighted by Crippen LogP contribution is 2.57. The first-order chi connectivity index (χ1) is 10.5. The van der Waals surface area contributed by atoms with Crippen LogP contribution in [0.25, 0.3) is 0 Å². The lowest BCUT2D eigenvalue weighted by molar-refractivity contribution is -0.144. The highest BCUT2D eigenvalue weighted by atomic mass is 32.2. The predicted molar refractivity (Wildman–Crippen MR) is 73.0 cm³/mol. The van der Waals surface area contributed by atoms with Gasteiger partial charge in [0.1, 0.15) is 18.0 Å². The number of sulfone groups is 1. The average Bonchev–Trinajstić information content (AvgIpc) is 2.58. The third kappa shape index (κ3) is 2.50. The van der Waals surface area contributed by atoms with Crippen LogP contribution in [0, 0.1) is 0 Å². The average molecular weight is 352 g/mol. The summed E-state index contributed by atoms with van der Waals surface area (Å²) in [6, 6.07) is 2.14. The van der Waals surface area contributed by atoms with Gasteiger partial charge in [0.05, 0.1) is 11.0 Å². The standard InChI is InChI=1S/C14H15F3O5S/c1-23(20,21)9-3-2-8(22-7-4-6(18)5-7)10-11(9)13(19)14(16,17)12(10)15/h2-3,6-7,12-13,18-19H,4-5H2,1H3/t6?,7?,12-,13+/m1/s1. The van der Waals surface area contributed by atoms with E-state index in [0.717, 1.165) is 18.4 Å². The Labute approximate surface area is 130 Å². The molecule has 128 valence electrons. The third-order valence-corrected chi connectivity index (χ3v) is 5.35. The van der Waals surface area contributed by atoms with E-state index in [0.29, 0.717) is 0 Å². The Morgan fingerprint density at radius 3 is 2.35 bits per heavy atom. The fourth-order valence-electron chi connectivity index (χ4n) is 2.90. The molecule has 3 rings (SSSR count). The van der Waals surface area contributed by atoms with Gasteiger partial charge in [-0.3, -0.25) is 0 Å². The minimum absolute atomic E-state index is 0.229. The molecule has 0 radical (unpaired) electrons. The van der Waals surface area contributed by atoms with Crippen LogP contribution < -0.4 is 4.74 Å². The molecule has 2 aliphatic carbocycles. The van der Waals surface area contributed by atoms with Crippen LogP contribution in [0.4, 0.5) is 13.2 Å². The maximum Gasteiger partial charge on any atom is 0.312 e. The van der Waals surface area contributed by atoms with E-state index >= 15 is 0 Å². The van der Waals surface area contributed by atoms with Gasteiger partial charge in [0, 0.05) is 30.2 Å². The normalized spacial score (nSPS) is 32.3. The molecule has 2 N–H and O–H groups in total. The Bertz CT molecular complexity index is 743. The van der Waals surface area contributed by atoms with Crippen LogP contribution in [0.1, 0.15) is 36.2 Å². The van der Waals surface area contributed by atoms with Crippen molar-refractivity contribution in [1.82, 2.24) is 0 Å². The number of benzene rings is 1. The molecular weight excluding hydrogens is 337 g/mol. The first-order valence-electron chi connectivity index (χ1n) is 6.95. The van der Waals surface area contributed by atoms with E-state index in [1.165, 1.54) is 0 Å². The Morgan fingerprint density at radius 2 is 1.83 bits per heavy atom. The lowest BCUT2D eigenvalue weighted by Gasteiger charge is -2.32. The molecule has 9 heteroatoms. The number of fused-ring (bicyclic) bond motifs is 1. The van der Waals surface area contributed by atoms with Gasteiger partial charge >= 0.3 is 5.92 Å². The van der Waals surface area contributed by atoms with Crippen molar-refractivity contribution < 1.29 is 36.5 Å². The quantitative estimate of drug-likeness (QED) is 0.865. The third-order valence-electron chi connectivity index (χ3n) is 4.20. The molecule has 0 amide bonds. The van der Waals surface area contributed by atoms with E-state index in [1.54, 1.807) is 0 Å². The van der Waals surface area contributed by atoms with Crippen LogP contribution in [0.15, 0.2) is 17.0 Å². The van der Waals surface area contributed by atoms with Crippen LogP contribution in [0.3, 0.4) is 0 Å². The summed E-state index contributed by atoms with van der Waals surface area (Å²) < 4.78 is 70.8. The molecule has 0 aliphatic heterocycles. The number of hydrogen-bond acceptors (Lipinski definition) is 5. The van der Waals surface area contributed by atoms with Gasteiger partial charge in [0.2, 0.25) is 0 Å². The number of hydrogen-bond donors (Lipinski definition) is 2. The fraction of sp³-hybridized carbons (Fsp3) is 0.571. The van der Waals surface area contributed by atoms with Crippen molar-refractivity contribution in [3.63, 3.8) is 0 Å². The summed E-state index contributed by atoms with van der Waals surface area (Å²) in [6.45, 7) is 0. The molecule has 2 atom stereocenters. The molecule has 0 heterocycles. The van der Waals surface area contributed by atoms with Crippen LogP contribution >= 0.6 is 0 Å². The minimum atomic E-state index is -4.14. The summed E-state index contributed by atoms with van der Waals surface area (Å²) in [5, 5.41) is 19.0. The molecule has 0 saturated heterocycles.